The average molecular weight is 176 g/mol. The second-order valence-electron chi connectivity index (χ2n) is 2.10. The number of ether oxygens (including phenoxy) is 1. The second-order valence-corrected chi connectivity index (χ2v) is 2.10. The van der Waals surface area contributed by atoms with Gasteiger partial charge in [0.2, 0.25) is 5.96 Å². The third kappa shape index (κ3) is 7.26. The van der Waals surface area contributed by atoms with Crippen LogP contribution in [0, 0.1) is 0 Å². The van der Waals surface area contributed by atoms with Crippen molar-refractivity contribution >= 4 is 5.96 Å². The van der Waals surface area contributed by atoms with Gasteiger partial charge in [-0.15, -0.1) is 0 Å². The summed E-state index contributed by atoms with van der Waals surface area (Å²) in [6.07, 6.45) is 0.766. The summed E-state index contributed by atoms with van der Waals surface area (Å²) in [6, 6.07) is 0. The van der Waals surface area contributed by atoms with Crippen LogP contribution in [0.15, 0.2) is 4.99 Å². The molecule has 0 aromatic carbocycles. The van der Waals surface area contributed by atoms with Crippen LogP contribution in [0.4, 0.5) is 0 Å². The lowest BCUT2D eigenvalue weighted by Crippen LogP contribution is -2.37. The predicted octanol–water partition coefficient (Wildman–Crippen LogP) is -1.84. The average Bonchev–Trinajstić information content (AvgIpc) is 2.10. The zero-order chi connectivity index (χ0) is 9.23. The molecule has 0 atom stereocenters. The fourth-order valence-electron chi connectivity index (χ4n) is 0.578. The SMILES string of the molecule is NNC(N)=NCCCOCCO. The molecular formula is C6H16N4O2. The Bertz CT molecular complexity index is 129. The monoisotopic (exact) mass is 176 g/mol. The zero-order valence-electron chi connectivity index (χ0n) is 6.99. The van der Waals surface area contributed by atoms with Crippen LogP contribution in [0.1, 0.15) is 6.42 Å². The van der Waals surface area contributed by atoms with Crippen LogP contribution in [0.2, 0.25) is 0 Å². The van der Waals surface area contributed by atoms with Gasteiger partial charge >= 0.3 is 0 Å². The first kappa shape index (κ1) is 11.2. The second kappa shape index (κ2) is 8.25. The van der Waals surface area contributed by atoms with E-state index in [1.54, 1.807) is 0 Å². The molecule has 0 aromatic rings. The van der Waals surface area contributed by atoms with Crippen LogP contribution < -0.4 is 17.0 Å². The predicted molar refractivity (Wildman–Crippen MR) is 46.3 cm³/mol. The number of hydrogen-bond donors (Lipinski definition) is 4. The highest BCUT2D eigenvalue weighted by Gasteiger charge is 1.88. The molecule has 6 nitrogen and oxygen atoms in total. The van der Waals surface area contributed by atoms with Crippen LogP contribution in [0.3, 0.4) is 0 Å². The van der Waals surface area contributed by atoms with Crippen LogP contribution in [0.25, 0.3) is 0 Å². The number of aliphatic imine (C=N–C) groups is 1. The fourth-order valence-corrected chi connectivity index (χ4v) is 0.578. The van der Waals surface area contributed by atoms with Gasteiger partial charge in [0.05, 0.1) is 13.2 Å². The summed E-state index contributed by atoms with van der Waals surface area (Å²) in [4.78, 5) is 3.86. The first-order valence-electron chi connectivity index (χ1n) is 3.76. The van der Waals surface area contributed by atoms with Gasteiger partial charge in [0.1, 0.15) is 0 Å². The highest BCUT2D eigenvalue weighted by molar-refractivity contribution is 5.76. The Balaban J connectivity index is 3.10. The first-order valence-corrected chi connectivity index (χ1v) is 3.76. The van der Waals surface area contributed by atoms with E-state index in [4.69, 9.17) is 21.4 Å². The number of aliphatic hydroxyl groups excluding tert-OH is 1. The maximum Gasteiger partial charge on any atom is 0.203 e. The number of nitrogens with two attached hydrogens (primary N) is 2. The van der Waals surface area contributed by atoms with Crippen molar-refractivity contribution in [2.75, 3.05) is 26.4 Å². The number of nitrogens with zero attached hydrogens (tertiary/aromatic N) is 1. The Labute approximate surface area is 71.6 Å². The molecule has 72 valence electrons. The van der Waals surface area contributed by atoms with E-state index in [1.165, 1.54) is 0 Å². The first-order chi connectivity index (χ1) is 5.81. The maximum atomic E-state index is 8.35. The summed E-state index contributed by atoms with van der Waals surface area (Å²) < 4.78 is 4.99. The van der Waals surface area contributed by atoms with Crippen molar-refractivity contribution in [2.45, 2.75) is 6.42 Å². The molecule has 0 fully saturated rings. The minimum Gasteiger partial charge on any atom is -0.394 e. The minimum absolute atomic E-state index is 0.0514. The third-order valence-electron chi connectivity index (χ3n) is 1.11. The van der Waals surface area contributed by atoms with Gasteiger partial charge in [-0.25, -0.2) is 5.84 Å². The molecule has 0 saturated heterocycles. The fraction of sp³-hybridized carbons (Fsp3) is 0.833. The van der Waals surface area contributed by atoms with Crippen LogP contribution >= 0.6 is 0 Å². The van der Waals surface area contributed by atoms with Crippen LogP contribution in [-0.4, -0.2) is 37.4 Å². The Kier molecular flexibility index (Phi) is 7.66. The van der Waals surface area contributed by atoms with Crippen molar-refractivity contribution in [2.24, 2.45) is 16.6 Å². The summed E-state index contributed by atoms with van der Waals surface area (Å²) in [7, 11) is 0. The lowest BCUT2D eigenvalue weighted by atomic mass is 10.5. The molecule has 6 N–H and O–H groups in total. The molecular weight excluding hydrogens is 160 g/mol. The number of hydrogen-bond acceptors (Lipinski definition) is 4. The van der Waals surface area contributed by atoms with Crippen molar-refractivity contribution in [3.05, 3.63) is 0 Å². The lowest BCUT2D eigenvalue weighted by Gasteiger charge is -2.00. The number of guanidine groups is 1. The molecule has 0 aliphatic heterocycles. The molecule has 0 heterocycles. The molecule has 0 aliphatic rings. The van der Waals surface area contributed by atoms with E-state index in [9.17, 15) is 0 Å². The van der Waals surface area contributed by atoms with Gasteiger partial charge in [0.15, 0.2) is 0 Å². The molecule has 0 amide bonds. The summed E-state index contributed by atoms with van der Waals surface area (Å²) >= 11 is 0. The van der Waals surface area contributed by atoms with Gasteiger partial charge < -0.3 is 15.6 Å². The maximum absolute atomic E-state index is 8.35. The Morgan fingerprint density at radius 3 is 2.83 bits per heavy atom. The Morgan fingerprint density at radius 1 is 1.50 bits per heavy atom. The van der Waals surface area contributed by atoms with Crippen molar-refractivity contribution in [1.29, 1.82) is 0 Å². The van der Waals surface area contributed by atoms with E-state index in [2.05, 4.69) is 10.4 Å². The van der Waals surface area contributed by atoms with Crippen molar-refractivity contribution < 1.29 is 9.84 Å². The van der Waals surface area contributed by atoms with Crippen molar-refractivity contribution in [3.63, 3.8) is 0 Å². The van der Waals surface area contributed by atoms with Gasteiger partial charge in [-0.3, -0.25) is 10.4 Å². The summed E-state index contributed by atoms with van der Waals surface area (Å²) in [5.41, 5.74) is 7.46. The van der Waals surface area contributed by atoms with Crippen LogP contribution in [0.5, 0.6) is 0 Å². The van der Waals surface area contributed by atoms with Gasteiger partial charge in [0, 0.05) is 13.2 Å². The molecule has 0 aliphatic carbocycles. The van der Waals surface area contributed by atoms with E-state index in [0.29, 0.717) is 19.8 Å². The molecule has 0 saturated carbocycles. The quantitative estimate of drug-likeness (QED) is 0.125. The van der Waals surface area contributed by atoms with E-state index in [1.807, 2.05) is 0 Å². The summed E-state index contributed by atoms with van der Waals surface area (Å²) in [5, 5.41) is 8.35. The number of nitrogens with one attached hydrogen (secondary N) is 1. The molecule has 0 radical (unpaired) electrons. The van der Waals surface area contributed by atoms with Crippen molar-refractivity contribution in [1.82, 2.24) is 5.43 Å². The van der Waals surface area contributed by atoms with Gasteiger partial charge in [-0.1, -0.05) is 0 Å². The number of aliphatic hydroxyl groups is 1. The lowest BCUT2D eigenvalue weighted by molar-refractivity contribution is 0.0918. The summed E-state index contributed by atoms with van der Waals surface area (Å²) in [6.45, 7) is 1.56. The van der Waals surface area contributed by atoms with E-state index in [0.717, 1.165) is 6.42 Å². The van der Waals surface area contributed by atoms with Gasteiger partial charge in [-0.2, -0.15) is 0 Å². The standard InChI is InChI=1S/C6H16N4O2/c7-6(10-8)9-2-1-4-12-5-3-11/h11H,1-5,8H2,(H3,7,9,10). The zero-order valence-corrected chi connectivity index (χ0v) is 6.99. The van der Waals surface area contributed by atoms with E-state index < -0.39 is 0 Å². The molecule has 0 bridgehead atoms. The summed E-state index contributed by atoms with van der Waals surface area (Å²) in [5.74, 6) is 5.18. The van der Waals surface area contributed by atoms with Gasteiger partial charge in [-0.05, 0) is 6.42 Å². The molecule has 12 heavy (non-hydrogen) atoms. The topological polar surface area (TPSA) is 106 Å². The molecule has 0 rings (SSSR count). The molecule has 6 heteroatoms. The van der Waals surface area contributed by atoms with Gasteiger partial charge in [0.25, 0.3) is 0 Å². The Hall–Kier alpha value is -0.850. The molecule has 0 aromatic heterocycles. The van der Waals surface area contributed by atoms with E-state index in [-0.39, 0.29) is 12.6 Å². The van der Waals surface area contributed by atoms with E-state index >= 15 is 0 Å². The normalized spacial score (nSPS) is 11.7. The van der Waals surface area contributed by atoms with Crippen LogP contribution in [-0.2, 0) is 4.74 Å². The third-order valence-corrected chi connectivity index (χ3v) is 1.11. The molecule has 0 unspecified atom stereocenters. The largest absolute Gasteiger partial charge is 0.394 e. The highest BCUT2D eigenvalue weighted by atomic mass is 16.5. The minimum atomic E-state index is 0.0514. The van der Waals surface area contributed by atoms with Crippen molar-refractivity contribution in [3.8, 4) is 0 Å². The number of rotatable bonds is 6. The Morgan fingerprint density at radius 2 is 2.25 bits per heavy atom. The smallest absolute Gasteiger partial charge is 0.203 e. The molecule has 0 spiro atoms. The highest BCUT2D eigenvalue weighted by Crippen LogP contribution is 1.83. The number of hydrazine groups is 1.